The van der Waals surface area contributed by atoms with E-state index in [0.717, 1.165) is 25.7 Å². The van der Waals surface area contributed by atoms with E-state index in [1.165, 1.54) is 0 Å². The van der Waals surface area contributed by atoms with Gasteiger partial charge in [-0.15, -0.1) is 0 Å². The summed E-state index contributed by atoms with van der Waals surface area (Å²) in [5, 5.41) is 18.1. The number of aliphatic carboxylic acids is 1. The molecule has 0 spiro atoms. The number of hydrogen-bond acceptors (Lipinski definition) is 3. The predicted octanol–water partition coefficient (Wildman–Crippen LogP) is 4.17. The zero-order valence-corrected chi connectivity index (χ0v) is 14.5. The molecule has 1 heterocycles. The standard InChI is InChI=1S/C20H30O4/c1-2-18-19(24-18)15-11-9-7-5-3-4-6-8-10-13-17(21)14-12-16-20(22)23/h3,5-6,8-11,13,17-19,21H,2,4,7,12,14-16H2,1H3,(H,22,23)/b5-3-,8-6-,11-9-,13-10+. The van der Waals surface area contributed by atoms with Crippen LogP contribution >= 0.6 is 0 Å². The smallest absolute Gasteiger partial charge is 0.303 e. The fourth-order valence-corrected chi connectivity index (χ4v) is 2.33. The van der Waals surface area contributed by atoms with Gasteiger partial charge >= 0.3 is 5.97 Å². The van der Waals surface area contributed by atoms with Crippen LogP contribution in [-0.4, -0.2) is 34.5 Å². The van der Waals surface area contributed by atoms with E-state index >= 15 is 0 Å². The monoisotopic (exact) mass is 334 g/mol. The maximum absolute atomic E-state index is 10.4. The van der Waals surface area contributed by atoms with Gasteiger partial charge in [-0.1, -0.05) is 55.5 Å². The summed E-state index contributed by atoms with van der Waals surface area (Å²) in [6, 6.07) is 0. The van der Waals surface area contributed by atoms with Crippen LogP contribution in [0.3, 0.4) is 0 Å². The molecule has 3 atom stereocenters. The normalized spacial score (nSPS) is 22.2. The van der Waals surface area contributed by atoms with Crippen molar-refractivity contribution >= 4 is 5.97 Å². The molecule has 1 aliphatic heterocycles. The van der Waals surface area contributed by atoms with Crippen molar-refractivity contribution in [1.29, 1.82) is 0 Å². The maximum atomic E-state index is 10.4. The molecule has 1 rings (SSSR count). The largest absolute Gasteiger partial charge is 0.481 e. The van der Waals surface area contributed by atoms with Gasteiger partial charge in [-0.25, -0.2) is 0 Å². The number of carbonyl (C=O) groups is 1. The maximum Gasteiger partial charge on any atom is 0.303 e. The highest BCUT2D eigenvalue weighted by Crippen LogP contribution is 2.28. The topological polar surface area (TPSA) is 70.1 Å². The Morgan fingerprint density at radius 3 is 2.46 bits per heavy atom. The van der Waals surface area contributed by atoms with E-state index in [4.69, 9.17) is 9.84 Å². The molecule has 0 saturated carbocycles. The fraction of sp³-hybridized carbons (Fsp3) is 0.550. The zero-order chi connectivity index (χ0) is 17.6. The molecule has 1 fully saturated rings. The van der Waals surface area contributed by atoms with E-state index < -0.39 is 12.1 Å². The Kier molecular flexibility index (Phi) is 10.8. The number of rotatable bonds is 13. The Hall–Kier alpha value is -1.65. The van der Waals surface area contributed by atoms with Gasteiger partial charge in [-0.3, -0.25) is 4.79 Å². The molecule has 0 aliphatic carbocycles. The Morgan fingerprint density at radius 2 is 1.79 bits per heavy atom. The quantitative estimate of drug-likeness (QED) is 0.301. The number of allylic oxidation sites excluding steroid dienone is 6. The summed E-state index contributed by atoms with van der Waals surface area (Å²) in [5.74, 6) is -0.821. The number of ether oxygens (including phenoxy) is 1. The van der Waals surface area contributed by atoms with Gasteiger partial charge in [0.1, 0.15) is 0 Å². The number of aliphatic hydroxyl groups excluding tert-OH is 1. The molecule has 0 aromatic rings. The van der Waals surface area contributed by atoms with Crippen LogP contribution in [0.15, 0.2) is 48.6 Å². The lowest BCUT2D eigenvalue weighted by molar-refractivity contribution is -0.137. The lowest BCUT2D eigenvalue weighted by atomic mass is 10.1. The van der Waals surface area contributed by atoms with E-state index in [0.29, 0.717) is 25.0 Å². The summed E-state index contributed by atoms with van der Waals surface area (Å²) in [4.78, 5) is 10.4. The Labute approximate surface area is 145 Å². The Bertz CT molecular complexity index is 462. The number of carboxylic acids is 1. The summed E-state index contributed by atoms with van der Waals surface area (Å²) in [6.45, 7) is 2.15. The lowest BCUT2D eigenvalue weighted by Gasteiger charge is -2.02. The second-order valence-corrected chi connectivity index (χ2v) is 5.94. The van der Waals surface area contributed by atoms with Crippen LogP contribution in [0.25, 0.3) is 0 Å². The van der Waals surface area contributed by atoms with Crippen LogP contribution in [0.2, 0.25) is 0 Å². The van der Waals surface area contributed by atoms with Gasteiger partial charge in [0.05, 0.1) is 18.3 Å². The van der Waals surface area contributed by atoms with Crippen LogP contribution in [-0.2, 0) is 9.53 Å². The summed E-state index contributed by atoms with van der Waals surface area (Å²) in [7, 11) is 0. The van der Waals surface area contributed by atoms with Gasteiger partial charge < -0.3 is 14.9 Å². The predicted molar refractivity (Wildman–Crippen MR) is 96.9 cm³/mol. The van der Waals surface area contributed by atoms with E-state index in [1.54, 1.807) is 12.2 Å². The highest BCUT2D eigenvalue weighted by atomic mass is 16.6. The molecular weight excluding hydrogens is 304 g/mol. The van der Waals surface area contributed by atoms with Gasteiger partial charge in [-0.2, -0.15) is 0 Å². The molecule has 134 valence electrons. The molecule has 0 bridgehead atoms. The minimum atomic E-state index is -0.821. The SMILES string of the molecule is CCC1OC1C/C=C\C/C=C\C/C=C\C=C\C(O)CCCC(=O)O. The van der Waals surface area contributed by atoms with E-state index in [2.05, 4.69) is 31.2 Å². The van der Waals surface area contributed by atoms with Crippen molar-refractivity contribution in [3.8, 4) is 0 Å². The Balaban J connectivity index is 1.98. The number of hydrogen-bond donors (Lipinski definition) is 2. The van der Waals surface area contributed by atoms with Crippen molar-refractivity contribution in [3.63, 3.8) is 0 Å². The first-order chi connectivity index (χ1) is 11.6. The molecule has 0 amide bonds. The van der Waals surface area contributed by atoms with Gasteiger partial charge in [0.2, 0.25) is 0 Å². The van der Waals surface area contributed by atoms with Gasteiger partial charge in [0.25, 0.3) is 0 Å². The summed E-state index contributed by atoms with van der Waals surface area (Å²) in [5.41, 5.74) is 0. The molecule has 0 aromatic carbocycles. The third-order valence-corrected chi connectivity index (χ3v) is 3.81. The van der Waals surface area contributed by atoms with Crippen molar-refractivity contribution in [2.24, 2.45) is 0 Å². The number of aliphatic hydroxyl groups is 1. The minimum Gasteiger partial charge on any atom is -0.481 e. The van der Waals surface area contributed by atoms with Crippen molar-refractivity contribution in [3.05, 3.63) is 48.6 Å². The highest BCUT2D eigenvalue weighted by molar-refractivity contribution is 5.66. The fourth-order valence-electron chi connectivity index (χ4n) is 2.33. The Morgan fingerprint density at radius 1 is 1.08 bits per heavy atom. The zero-order valence-electron chi connectivity index (χ0n) is 14.5. The number of carboxylic acid groups (broad SMARTS) is 1. The molecule has 24 heavy (non-hydrogen) atoms. The van der Waals surface area contributed by atoms with Gasteiger partial charge in [0, 0.05) is 6.42 Å². The van der Waals surface area contributed by atoms with Crippen molar-refractivity contribution in [2.45, 2.75) is 70.2 Å². The molecular formula is C20H30O4. The first kappa shape index (κ1) is 20.4. The molecule has 2 N–H and O–H groups in total. The van der Waals surface area contributed by atoms with Crippen LogP contribution < -0.4 is 0 Å². The molecule has 0 aromatic heterocycles. The number of epoxide rings is 1. The van der Waals surface area contributed by atoms with Crippen molar-refractivity contribution in [2.75, 3.05) is 0 Å². The second-order valence-electron chi connectivity index (χ2n) is 5.94. The molecule has 0 radical (unpaired) electrons. The van der Waals surface area contributed by atoms with Crippen LogP contribution in [0.4, 0.5) is 0 Å². The van der Waals surface area contributed by atoms with Crippen molar-refractivity contribution in [1.82, 2.24) is 0 Å². The highest BCUT2D eigenvalue weighted by Gasteiger charge is 2.35. The second kappa shape index (κ2) is 12.7. The average Bonchev–Trinajstić information content (AvgIpc) is 3.30. The molecule has 1 saturated heterocycles. The molecule has 4 nitrogen and oxygen atoms in total. The summed E-state index contributed by atoms with van der Waals surface area (Å²) >= 11 is 0. The third-order valence-electron chi connectivity index (χ3n) is 3.81. The lowest BCUT2D eigenvalue weighted by Crippen LogP contribution is -2.03. The molecule has 3 unspecified atom stereocenters. The summed E-state index contributed by atoms with van der Waals surface area (Å²) < 4.78 is 5.47. The minimum absolute atomic E-state index is 0.104. The van der Waals surface area contributed by atoms with E-state index in [1.807, 2.05) is 12.2 Å². The van der Waals surface area contributed by atoms with Crippen LogP contribution in [0, 0.1) is 0 Å². The van der Waals surface area contributed by atoms with E-state index in [-0.39, 0.29) is 6.42 Å². The first-order valence-corrected chi connectivity index (χ1v) is 8.82. The van der Waals surface area contributed by atoms with Gasteiger partial charge in [0.15, 0.2) is 0 Å². The average molecular weight is 334 g/mol. The van der Waals surface area contributed by atoms with Crippen molar-refractivity contribution < 1.29 is 19.7 Å². The van der Waals surface area contributed by atoms with Crippen LogP contribution in [0.5, 0.6) is 0 Å². The van der Waals surface area contributed by atoms with Gasteiger partial charge in [-0.05, 0) is 38.5 Å². The summed E-state index contributed by atoms with van der Waals surface area (Å²) in [6.07, 6.45) is 21.4. The molecule has 1 aliphatic rings. The third kappa shape index (κ3) is 11.0. The first-order valence-electron chi connectivity index (χ1n) is 8.82. The molecule has 4 heteroatoms. The van der Waals surface area contributed by atoms with E-state index in [9.17, 15) is 9.90 Å². The van der Waals surface area contributed by atoms with Crippen LogP contribution in [0.1, 0.15) is 51.9 Å².